The number of carbonyl (C=O) groups is 1. The SMILES string of the molecule is CCCCN1CCCC(C(=O)[N-]OC)(S(=O)(=O)CCC)C1.[Y]. The average Bonchev–Trinajstić information content (AvgIpc) is 2.45. The van der Waals surface area contributed by atoms with Crippen molar-refractivity contribution in [2.24, 2.45) is 0 Å². The van der Waals surface area contributed by atoms with Crippen LogP contribution in [-0.2, 0) is 52.2 Å². The van der Waals surface area contributed by atoms with Crippen molar-refractivity contribution in [1.29, 1.82) is 0 Å². The zero-order valence-electron chi connectivity index (χ0n) is 13.9. The van der Waals surface area contributed by atoms with Crippen LogP contribution in [0.1, 0.15) is 46.0 Å². The van der Waals surface area contributed by atoms with Crippen molar-refractivity contribution in [1.82, 2.24) is 4.90 Å². The molecule has 1 saturated heterocycles. The van der Waals surface area contributed by atoms with Gasteiger partial charge in [0, 0.05) is 46.4 Å². The van der Waals surface area contributed by atoms with Gasteiger partial charge in [0.25, 0.3) is 0 Å². The van der Waals surface area contributed by atoms with Crippen molar-refractivity contribution in [2.75, 3.05) is 32.5 Å². The van der Waals surface area contributed by atoms with Gasteiger partial charge in [-0.2, -0.15) is 0 Å². The van der Waals surface area contributed by atoms with E-state index >= 15 is 0 Å². The summed E-state index contributed by atoms with van der Waals surface area (Å²) in [5.74, 6) is -0.640. The van der Waals surface area contributed by atoms with Gasteiger partial charge < -0.3 is 20.0 Å². The van der Waals surface area contributed by atoms with Gasteiger partial charge in [-0.1, -0.05) is 20.3 Å². The second-order valence-electron chi connectivity index (χ2n) is 5.63. The fraction of sp³-hybridized carbons (Fsp3) is 0.929. The minimum absolute atomic E-state index is 0. The predicted molar refractivity (Wildman–Crippen MR) is 82.8 cm³/mol. The molecule has 1 heterocycles. The molecule has 0 aromatic rings. The number of hydrogen-bond donors (Lipinski definition) is 0. The molecule has 22 heavy (non-hydrogen) atoms. The average molecular weight is 408 g/mol. The summed E-state index contributed by atoms with van der Waals surface area (Å²) in [6.45, 7) is 5.79. The first-order chi connectivity index (χ1) is 9.93. The molecule has 1 aliphatic heterocycles. The fourth-order valence-corrected chi connectivity index (χ4v) is 4.94. The van der Waals surface area contributed by atoms with E-state index in [4.69, 9.17) is 0 Å². The summed E-state index contributed by atoms with van der Waals surface area (Å²) in [6, 6.07) is 0. The Morgan fingerprint density at radius 1 is 1.32 bits per heavy atom. The molecule has 0 spiro atoms. The fourth-order valence-electron chi connectivity index (χ4n) is 2.87. The van der Waals surface area contributed by atoms with Crippen LogP contribution < -0.4 is 0 Å². The zero-order chi connectivity index (χ0) is 15.9. The maximum atomic E-state index is 12.7. The largest absolute Gasteiger partial charge is 0.530 e. The summed E-state index contributed by atoms with van der Waals surface area (Å²) in [6.07, 6.45) is 3.57. The van der Waals surface area contributed by atoms with Crippen LogP contribution in [0, 0.1) is 0 Å². The van der Waals surface area contributed by atoms with E-state index in [-0.39, 0.29) is 45.0 Å². The summed E-state index contributed by atoms with van der Waals surface area (Å²) in [7, 11) is -2.27. The first kappa shape index (κ1) is 22.4. The van der Waals surface area contributed by atoms with Crippen molar-refractivity contribution in [3.05, 3.63) is 5.48 Å². The minimum atomic E-state index is -3.54. The molecule has 6 nitrogen and oxygen atoms in total. The Labute approximate surface area is 159 Å². The Morgan fingerprint density at radius 2 is 2.00 bits per heavy atom. The summed E-state index contributed by atoms with van der Waals surface area (Å²) in [4.78, 5) is 19.0. The molecule has 1 fully saturated rings. The van der Waals surface area contributed by atoms with E-state index in [9.17, 15) is 13.2 Å². The number of likely N-dealkylation sites (tertiary alicyclic amines) is 1. The number of hydrogen-bond acceptors (Lipinski definition) is 5. The van der Waals surface area contributed by atoms with Gasteiger partial charge in [0.1, 0.15) is 4.75 Å². The molecule has 127 valence electrons. The molecule has 1 amide bonds. The standard InChI is InChI=1S/C14H28N2O4S.Y/c1-4-6-9-16-10-7-8-14(12-16,13(17)15-20-3)21(18,19)11-5-2;/h4-12H2,1-3H3,(H,15,17);/p-1. The van der Waals surface area contributed by atoms with Crippen LogP contribution in [0.4, 0.5) is 0 Å². The van der Waals surface area contributed by atoms with Crippen LogP contribution in [0.5, 0.6) is 0 Å². The Morgan fingerprint density at radius 3 is 2.55 bits per heavy atom. The number of rotatable bonds is 8. The number of unbranched alkanes of at least 4 members (excludes halogenated alkanes) is 1. The van der Waals surface area contributed by atoms with E-state index in [0.29, 0.717) is 19.3 Å². The molecule has 0 aromatic carbocycles. The number of carbonyl (C=O) groups excluding carboxylic acids is 1. The van der Waals surface area contributed by atoms with Gasteiger partial charge in [-0.3, -0.25) is 0 Å². The summed E-state index contributed by atoms with van der Waals surface area (Å²) < 4.78 is 23.9. The van der Waals surface area contributed by atoms with Gasteiger partial charge in [0.2, 0.25) is 0 Å². The second kappa shape index (κ2) is 10.3. The van der Waals surface area contributed by atoms with E-state index in [1.54, 1.807) is 6.92 Å². The van der Waals surface area contributed by atoms with Crippen LogP contribution in [0.25, 0.3) is 5.48 Å². The Kier molecular flexibility index (Phi) is 10.5. The smallest absolute Gasteiger partial charge is 0.162 e. The molecule has 1 aliphatic rings. The van der Waals surface area contributed by atoms with Gasteiger partial charge in [0.05, 0.1) is 11.7 Å². The van der Waals surface area contributed by atoms with E-state index < -0.39 is 20.5 Å². The molecule has 0 saturated carbocycles. The third-order valence-corrected chi connectivity index (χ3v) is 6.64. The summed E-state index contributed by atoms with van der Waals surface area (Å²) in [5.41, 5.74) is 3.44. The van der Waals surface area contributed by atoms with Gasteiger partial charge in [0.15, 0.2) is 9.84 Å². The van der Waals surface area contributed by atoms with Crippen molar-refractivity contribution in [2.45, 2.75) is 50.7 Å². The maximum absolute atomic E-state index is 12.7. The van der Waals surface area contributed by atoms with E-state index in [2.05, 4.69) is 22.1 Å². The first-order valence-corrected chi connectivity index (χ1v) is 9.32. The molecule has 1 rings (SSSR count). The third kappa shape index (κ3) is 5.23. The van der Waals surface area contributed by atoms with Crippen LogP contribution in [0.3, 0.4) is 0 Å². The van der Waals surface area contributed by atoms with Gasteiger partial charge in [-0.25, -0.2) is 8.42 Å². The van der Waals surface area contributed by atoms with Crippen molar-refractivity contribution < 1.29 is 50.8 Å². The van der Waals surface area contributed by atoms with Gasteiger partial charge in [-0.15, -0.1) is 0 Å². The normalized spacial score (nSPS) is 22.9. The van der Waals surface area contributed by atoms with Crippen LogP contribution in [0.15, 0.2) is 0 Å². The molecular formula is C14H27N2O4SY-. The minimum Gasteiger partial charge on any atom is -0.530 e. The molecule has 0 bridgehead atoms. The van der Waals surface area contributed by atoms with E-state index in [0.717, 1.165) is 25.9 Å². The molecule has 0 N–H and O–H groups in total. The number of nitrogens with zero attached hydrogens (tertiary/aromatic N) is 2. The Hall–Kier alpha value is 0.444. The molecule has 1 unspecified atom stereocenters. The number of sulfone groups is 1. The van der Waals surface area contributed by atoms with Crippen molar-refractivity contribution >= 4 is 15.7 Å². The van der Waals surface area contributed by atoms with E-state index in [1.807, 2.05) is 0 Å². The third-order valence-electron chi connectivity index (χ3n) is 3.99. The Bertz CT molecular complexity index is 444. The molecule has 1 radical (unpaired) electrons. The molecule has 1 atom stereocenters. The van der Waals surface area contributed by atoms with Crippen molar-refractivity contribution in [3.8, 4) is 0 Å². The number of piperidine rings is 1. The molecule has 0 aromatic heterocycles. The van der Waals surface area contributed by atoms with Gasteiger partial charge >= 0.3 is 0 Å². The first-order valence-electron chi connectivity index (χ1n) is 7.66. The quantitative estimate of drug-likeness (QED) is 0.574. The van der Waals surface area contributed by atoms with Crippen molar-refractivity contribution in [3.63, 3.8) is 0 Å². The second-order valence-corrected chi connectivity index (χ2v) is 8.04. The van der Waals surface area contributed by atoms with Crippen LogP contribution >= 0.6 is 0 Å². The molecule has 8 heteroatoms. The number of hydroxylamine groups is 1. The van der Waals surface area contributed by atoms with E-state index in [1.165, 1.54) is 7.11 Å². The van der Waals surface area contributed by atoms with Gasteiger partial charge in [-0.05, 0) is 38.8 Å². The predicted octanol–water partition coefficient (Wildman–Crippen LogP) is 1.91. The Balaban J connectivity index is 0.00000441. The zero-order valence-corrected chi connectivity index (χ0v) is 17.5. The topological polar surface area (TPSA) is 77.8 Å². The summed E-state index contributed by atoms with van der Waals surface area (Å²) in [5, 5.41) is 0. The number of amides is 1. The van der Waals surface area contributed by atoms with Crippen LogP contribution in [-0.4, -0.2) is 56.5 Å². The summed E-state index contributed by atoms with van der Waals surface area (Å²) >= 11 is 0. The maximum Gasteiger partial charge on any atom is 0.162 e. The molecule has 0 aliphatic carbocycles. The van der Waals surface area contributed by atoms with Crippen LogP contribution in [0.2, 0.25) is 0 Å². The molecular weight excluding hydrogens is 381 g/mol. The monoisotopic (exact) mass is 408 g/mol.